The monoisotopic (exact) mass is 354 g/mol. The Morgan fingerprint density at radius 2 is 2.27 bits per heavy atom. The second-order valence-corrected chi connectivity index (χ2v) is 8.35. The largest absolute Gasteiger partial charge is 0.383 e. The van der Waals surface area contributed by atoms with Crippen molar-refractivity contribution < 1.29 is 9.53 Å². The van der Waals surface area contributed by atoms with Crippen LogP contribution in [0.1, 0.15) is 0 Å². The van der Waals surface area contributed by atoms with Crippen LogP contribution in [0.2, 0.25) is 0 Å². The van der Waals surface area contributed by atoms with Gasteiger partial charge in [-0.2, -0.15) is 11.8 Å². The van der Waals surface area contributed by atoms with Crippen LogP contribution in [0, 0.1) is 0 Å². The van der Waals surface area contributed by atoms with Crippen LogP contribution in [-0.2, 0) is 9.53 Å². The predicted octanol–water partition coefficient (Wildman–Crippen LogP) is 3.12. The van der Waals surface area contributed by atoms with Gasteiger partial charge in [0.25, 0.3) is 0 Å². The summed E-state index contributed by atoms with van der Waals surface area (Å²) < 4.78 is 6.29. The molecule has 4 nitrogen and oxygen atoms in total. The van der Waals surface area contributed by atoms with Crippen molar-refractivity contribution in [2.24, 2.45) is 0 Å². The van der Waals surface area contributed by atoms with Gasteiger partial charge in [-0.3, -0.25) is 9.69 Å². The van der Waals surface area contributed by atoms with E-state index in [1.54, 1.807) is 35.1 Å². The Kier molecular flexibility index (Phi) is 5.62. The minimum absolute atomic E-state index is 0.0302. The number of hydrogen-bond donors (Lipinski definition) is 0. The first-order valence-electron chi connectivity index (χ1n) is 7.15. The maximum atomic E-state index is 12.9. The van der Waals surface area contributed by atoms with Crippen molar-refractivity contribution in [3.8, 4) is 0 Å². The third kappa shape index (κ3) is 3.59. The predicted molar refractivity (Wildman–Crippen MR) is 97.4 cm³/mol. The number of amides is 1. The van der Waals surface area contributed by atoms with Crippen molar-refractivity contribution in [1.82, 2.24) is 4.98 Å². The lowest BCUT2D eigenvalue weighted by atomic mass is 10.3. The quantitative estimate of drug-likeness (QED) is 0.825. The molecule has 1 saturated heterocycles. The zero-order chi connectivity index (χ0) is 15.4. The molecule has 0 spiro atoms. The minimum atomic E-state index is 0.0302. The molecule has 0 saturated carbocycles. The van der Waals surface area contributed by atoms with E-state index in [2.05, 4.69) is 4.98 Å². The average Bonchev–Trinajstić information content (AvgIpc) is 2.99. The molecule has 7 heteroatoms. The van der Waals surface area contributed by atoms with Gasteiger partial charge in [-0.15, -0.1) is 11.8 Å². The second-order valence-electron chi connectivity index (χ2n) is 4.88. The Bertz CT molecular complexity index is 608. The summed E-state index contributed by atoms with van der Waals surface area (Å²) in [5, 5.41) is 0.807. The van der Waals surface area contributed by atoms with E-state index < -0.39 is 0 Å². The van der Waals surface area contributed by atoms with Crippen molar-refractivity contribution >= 4 is 56.1 Å². The van der Waals surface area contributed by atoms with Crippen LogP contribution in [0.5, 0.6) is 0 Å². The Morgan fingerprint density at radius 3 is 3.00 bits per heavy atom. The molecule has 1 aromatic carbocycles. The third-order valence-corrected chi connectivity index (χ3v) is 7.19. The number of thioether (sulfide) groups is 2. The first-order valence-corrected chi connectivity index (χ1v) is 10.2. The van der Waals surface area contributed by atoms with Gasteiger partial charge >= 0.3 is 0 Å². The fourth-order valence-corrected chi connectivity index (χ4v) is 5.87. The summed E-state index contributed by atoms with van der Waals surface area (Å²) in [6.07, 6.45) is 0. The van der Waals surface area contributed by atoms with Crippen LogP contribution < -0.4 is 4.90 Å². The number of thiazole rings is 1. The van der Waals surface area contributed by atoms with E-state index >= 15 is 0 Å². The Balaban J connectivity index is 1.85. The van der Waals surface area contributed by atoms with Crippen LogP contribution in [-0.4, -0.2) is 53.7 Å². The summed E-state index contributed by atoms with van der Waals surface area (Å²) in [5.41, 5.74) is 0.948. The summed E-state index contributed by atoms with van der Waals surface area (Å²) in [4.78, 5) is 19.3. The SMILES string of the molecule is COCCN(C(=O)C1CSCCS1)c1nc2ccccc2s1. The number of benzene rings is 1. The van der Waals surface area contributed by atoms with Gasteiger partial charge in [0.05, 0.1) is 28.6 Å². The van der Waals surface area contributed by atoms with E-state index in [0.717, 1.165) is 32.6 Å². The maximum Gasteiger partial charge on any atom is 0.242 e. The number of hydrogen-bond acceptors (Lipinski definition) is 6. The van der Waals surface area contributed by atoms with Gasteiger partial charge in [-0.25, -0.2) is 4.98 Å². The number of rotatable bonds is 5. The zero-order valence-corrected chi connectivity index (χ0v) is 14.8. The number of nitrogens with zero attached hydrogens (tertiary/aromatic N) is 2. The Labute approximate surface area is 142 Å². The molecule has 118 valence electrons. The number of ether oxygens (including phenoxy) is 1. The molecule has 22 heavy (non-hydrogen) atoms. The molecule has 0 radical (unpaired) electrons. The smallest absolute Gasteiger partial charge is 0.242 e. The molecule has 1 aliphatic heterocycles. The van der Waals surface area contributed by atoms with E-state index in [9.17, 15) is 4.79 Å². The van der Waals surface area contributed by atoms with Gasteiger partial charge < -0.3 is 4.74 Å². The van der Waals surface area contributed by atoms with Crippen LogP contribution in [0.3, 0.4) is 0 Å². The summed E-state index contributed by atoms with van der Waals surface area (Å²) in [6, 6.07) is 8.00. The van der Waals surface area contributed by atoms with Crippen molar-refractivity contribution in [3.05, 3.63) is 24.3 Å². The van der Waals surface area contributed by atoms with E-state index in [1.807, 2.05) is 36.0 Å². The molecule has 1 fully saturated rings. The number of methoxy groups -OCH3 is 1. The number of anilines is 1. The first-order chi connectivity index (χ1) is 10.8. The molecule has 1 aromatic heterocycles. The minimum Gasteiger partial charge on any atom is -0.383 e. The van der Waals surface area contributed by atoms with E-state index in [4.69, 9.17) is 4.74 Å². The molecule has 1 atom stereocenters. The highest BCUT2D eigenvalue weighted by atomic mass is 32.2. The number of aromatic nitrogens is 1. The lowest BCUT2D eigenvalue weighted by molar-refractivity contribution is -0.117. The van der Waals surface area contributed by atoms with Crippen molar-refractivity contribution in [1.29, 1.82) is 0 Å². The molecule has 3 rings (SSSR count). The van der Waals surface area contributed by atoms with Gasteiger partial charge in [-0.05, 0) is 12.1 Å². The molecule has 1 amide bonds. The van der Waals surface area contributed by atoms with Gasteiger partial charge in [0, 0.05) is 24.4 Å². The van der Waals surface area contributed by atoms with Crippen LogP contribution in [0.15, 0.2) is 24.3 Å². The van der Waals surface area contributed by atoms with Gasteiger partial charge in [0.15, 0.2) is 5.13 Å². The molecule has 0 aliphatic carbocycles. The topological polar surface area (TPSA) is 42.4 Å². The summed E-state index contributed by atoms with van der Waals surface area (Å²) in [7, 11) is 1.66. The summed E-state index contributed by atoms with van der Waals surface area (Å²) >= 11 is 5.19. The summed E-state index contributed by atoms with van der Waals surface area (Å²) in [6.45, 7) is 1.07. The van der Waals surface area contributed by atoms with Crippen LogP contribution >= 0.6 is 34.9 Å². The highest BCUT2D eigenvalue weighted by Crippen LogP contribution is 2.32. The molecule has 0 bridgehead atoms. The number of fused-ring (bicyclic) bond motifs is 1. The molecule has 1 unspecified atom stereocenters. The zero-order valence-electron chi connectivity index (χ0n) is 12.4. The average molecular weight is 355 g/mol. The summed E-state index contributed by atoms with van der Waals surface area (Å²) in [5.74, 6) is 3.22. The molecular weight excluding hydrogens is 336 g/mol. The normalized spacial score (nSPS) is 18.5. The number of para-hydroxylation sites is 1. The fraction of sp³-hybridized carbons (Fsp3) is 0.467. The molecule has 0 N–H and O–H groups in total. The number of carbonyl (C=O) groups excluding carboxylic acids is 1. The van der Waals surface area contributed by atoms with Crippen LogP contribution in [0.25, 0.3) is 10.2 Å². The highest BCUT2D eigenvalue weighted by Gasteiger charge is 2.29. The molecule has 2 aromatic rings. The van der Waals surface area contributed by atoms with Crippen LogP contribution in [0.4, 0.5) is 5.13 Å². The highest BCUT2D eigenvalue weighted by molar-refractivity contribution is 8.07. The lowest BCUT2D eigenvalue weighted by Crippen LogP contribution is -2.42. The van der Waals surface area contributed by atoms with Gasteiger partial charge in [0.2, 0.25) is 5.91 Å². The second kappa shape index (κ2) is 7.68. The van der Waals surface area contributed by atoms with Gasteiger partial charge in [-0.1, -0.05) is 23.5 Å². The molecular formula is C15H18N2O2S3. The van der Waals surface area contributed by atoms with E-state index in [-0.39, 0.29) is 11.2 Å². The molecule has 1 aliphatic rings. The lowest BCUT2D eigenvalue weighted by Gasteiger charge is -2.26. The van der Waals surface area contributed by atoms with Crippen molar-refractivity contribution in [2.45, 2.75) is 5.25 Å². The molecule has 2 heterocycles. The van der Waals surface area contributed by atoms with E-state index in [0.29, 0.717) is 13.2 Å². The Hall–Kier alpha value is -0.760. The van der Waals surface area contributed by atoms with Gasteiger partial charge in [0.1, 0.15) is 0 Å². The number of carbonyl (C=O) groups is 1. The maximum absolute atomic E-state index is 12.9. The van der Waals surface area contributed by atoms with Crippen molar-refractivity contribution in [2.75, 3.05) is 42.4 Å². The first kappa shape index (κ1) is 16.1. The fourth-order valence-electron chi connectivity index (χ4n) is 2.26. The Morgan fingerprint density at radius 1 is 1.41 bits per heavy atom. The van der Waals surface area contributed by atoms with Crippen molar-refractivity contribution in [3.63, 3.8) is 0 Å². The third-order valence-electron chi connectivity index (χ3n) is 3.39. The standard InChI is InChI=1S/C15H18N2O2S3/c1-19-7-6-17(14(18)13-10-20-8-9-21-13)15-16-11-4-2-3-5-12(11)22-15/h2-5,13H,6-10H2,1H3. The van der Waals surface area contributed by atoms with E-state index in [1.165, 1.54) is 0 Å².